The SMILES string of the molecule is CC(C)Oc1cccc(CN2CC(CO)OCC2C)c1. The summed E-state index contributed by atoms with van der Waals surface area (Å²) in [5.41, 5.74) is 1.23. The van der Waals surface area contributed by atoms with Gasteiger partial charge in [-0.2, -0.15) is 0 Å². The van der Waals surface area contributed by atoms with Crippen LogP contribution in [0.2, 0.25) is 0 Å². The van der Waals surface area contributed by atoms with E-state index >= 15 is 0 Å². The molecule has 1 aromatic carbocycles. The highest BCUT2D eigenvalue weighted by molar-refractivity contribution is 5.28. The summed E-state index contributed by atoms with van der Waals surface area (Å²) in [7, 11) is 0. The summed E-state index contributed by atoms with van der Waals surface area (Å²) >= 11 is 0. The number of hydrogen-bond acceptors (Lipinski definition) is 4. The summed E-state index contributed by atoms with van der Waals surface area (Å²) in [6.07, 6.45) is 0.118. The van der Waals surface area contributed by atoms with E-state index in [0.717, 1.165) is 18.8 Å². The summed E-state index contributed by atoms with van der Waals surface area (Å²) in [5.74, 6) is 0.914. The molecule has 1 aromatic rings. The second-order valence-corrected chi connectivity index (χ2v) is 5.73. The predicted octanol–water partition coefficient (Wildman–Crippen LogP) is 2.06. The van der Waals surface area contributed by atoms with Gasteiger partial charge in [0.05, 0.1) is 25.4 Å². The minimum absolute atomic E-state index is 0.0682. The maximum Gasteiger partial charge on any atom is 0.120 e. The van der Waals surface area contributed by atoms with Gasteiger partial charge in [0, 0.05) is 19.1 Å². The summed E-state index contributed by atoms with van der Waals surface area (Å²) in [6, 6.07) is 8.59. The maximum absolute atomic E-state index is 9.23. The first kappa shape index (κ1) is 15.3. The van der Waals surface area contributed by atoms with E-state index in [0.29, 0.717) is 12.6 Å². The van der Waals surface area contributed by atoms with Gasteiger partial charge in [-0.1, -0.05) is 12.1 Å². The van der Waals surface area contributed by atoms with Crippen molar-refractivity contribution in [2.24, 2.45) is 0 Å². The van der Waals surface area contributed by atoms with Gasteiger partial charge in [0.1, 0.15) is 5.75 Å². The average Bonchev–Trinajstić information content (AvgIpc) is 2.41. The molecule has 2 rings (SSSR count). The Morgan fingerprint density at radius 2 is 2.25 bits per heavy atom. The lowest BCUT2D eigenvalue weighted by atomic mass is 10.1. The van der Waals surface area contributed by atoms with E-state index in [1.165, 1.54) is 5.56 Å². The second-order valence-electron chi connectivity index (χ2n) is 5.73. The number of aliphatic hydroxyl groups excluding tert-OH is 1. The van der Waals surface area contributed by atoms with Gasteiger partial charge in [-0.3, -0.25) is 4.90 Å². The first-order chi connectivity index (χ1) is 9.58. The molecule has 1 N–H and O–H groups in total. The van der Waals surface area contributed by atoms with Crippen molar-refractivity contribution in [2.75, 3.05) is 19.8 Å². The van der Waals surface area contributed by atoms with E-state index in [9.17, 15) is 5.11 Å². The molecule has 2 unspecified atom stereocenters. The maximum atomic E-state index is 9.23. The fraction of sp³-hybridized carbons (Fsp3) is 0.625. The zero-order valence-electron chi connectivity index (χ0n) is 12.6. The van der Waals surface area contributed by atoms with Gasteiger partial charge >= 0.3 is 0 Å². The lowest BCUT2D eigenvalue weighted by Crippen LogP contribution is -2.48. The Kier molecular flexibility index (Phi) is 5.40. The fourth-order valence-electron chi connectivity index (χ4n) is 2.43. The number of morpholine rings is 1. The molecular formula is C16H25NO3. The van der Waals surface area contributed by atoms with Crippen LogP contribution in [0.5, 0.6) is 5.75 Å². The van der Waals surface area contributed by atoms with Crippen molar-refractivity contribution in [2.45, 2.75) is 45.6 Å². The minimum atomic E-state index is -0.0682. The standard InChI is InChI=1S/C16H25NO3/c1-12(2)20-15-6-4-5-14(7-15)8-17-9-16(10-18)19-11-13(17)3/h4-7,12-13,16,18H,8-11H2,1-3H3. The number of rotatable bonds is 5. The smallest absolute Gasteiger partial charge is 0.120 e. The van der Waals surface area contributed by atoms with Crippen LogP contribution >= 0.6 is 0 Å². The number of hydrogen-bond donors (Lipinski definition) is 1. The Hall–Kier alpha value is -1.10. The number of ether oxygens (including phenoxy) is 2. The number of aliphatic hydroxyl groups is 1. The second kappa shape index (κ2) is 7.07. The average molecular weight is 279 g/mol. The molecule has 0 radical (unpaired) electrons. The van der Waals surface area contributed by atoms with Crippen molar-refractivity contribution < 1.29 is 14.6 Å². The van der Waals surface area contributed by atoms with Crippen LogP contribution < -0.4 is 4.74 Å². The summed E-state index contributed by atoms with van der Waals surface area (Å²) < 4.78 is 11.3. The summed E-state index contributed by atoms with van der Waals surface area (Å²) in [5, 5.41) is 9.23. The van der Waals surface area contributed by atoms with Crippen molar-refractivity contribution in [1.29, 1.82) is 0 Å². The van der Waals surface area contributed by atoms with Gasteiger partial charge in [0.2, 0.25) is 0 Å². The highest BCUT2D eigenvalue weighted by Crippen LogP contribution is 2.19. The monoisotopic (exact) mass is 279 g/mol. The minimum Gasteiger partial charge on any atom is -0.491 e. The van der Waals surface area contributed by atoms with Gasteiger partial charge < -0.3 is 14.6 Å². The molecule has 4 heteroatoms. The van der Waals surface area contributed by atoms with E-state index in [1.807, 2.05) is 26.0 Å². The first-order valence-corrected chi connectivity index (χ1v) is 7.30. The third kappa shape index (κ3) is 4.20. The third-order valence-electron chi connectivity index (χ3n) is 3.49. The highest BCUT2D eigenvalue weighted by Gasteiger charge is 2.25. The number of nitrogens with zero attached hydrogens (tertiary/aromatic N) is 1. The molecule has 1 heterocycles. The van der Waals surface area contributed by atoms with E-state index in [4.69, 9.17) is 9.47 Å². The highest BCUT2D eigenvalue weighted by atomic mass is 16.5. The van der Waals surface area contributed by atoms with Crippen LogP contribution in [0.1, 0.15) is 26.3 Å². The molecule has 0 aromatic heterocycles. The Balaban J connectivity index is 2.01. The van der Waals surface area contributed by atoms with Gasteiger partial charge in [-0.05, 0) is 38.5 Å². The van der Waals surface area contributed by atoms with Gasteiger partial charge in [-0.25, -0.2) is 0 Å². The fourth-order valence-corrected chi connectivity index (χ4v) is 2.43. The van der Waals surface area contributed by atoms with Crippen LogP contribution in [-0.4, -0.2) is 48.0 Å². The zero-order valence-corrected chi connectivity index (χ0v) is 12.6. The lowest BCUT2D eigenvalue weighted by Gasteiger charge is -2.37. The van der Waals surface area contributed by atoms with E-state index < -0.39 is 0 Å². The Morgan fingerprint density at radius 3 is 2.95 bits per heavy atom. The lowest BCUT2D eigenvalue weighted by molar-refractivity contribution is -0.0805. The van der Waals surface area contributed by atoms with Crippen molar-refractivity contribution in [3.63, 3.8) is 0 Å². The zero-order chi connectivity index (χ0) is 14.5. The van der Waals surface area contributed by atoms with Crippen LogP contribution in [-0.2, 0) is 11.3 Å². The van der Waals surface area contributed by atoms with Crippen molar-refractivity contribution in [1.82, 2.24) is 4.90 Å². The first-order valence-electron chi connectivity index (χ1n) is 7.30. The topological polar surface area (TPSA) is 41.9 Å². The molecule has 1 saturated heterocycles. The van der Waals surface area contributed by atoms with Gasteiger partial charge in [0.15, 0.2) is 0 Å². The Bertz CT molecular complexity index is 422. The Labute approximate surface area is 121 Å². The normalized spacial score (nSPS) is 24.1. The molecular weight excluding hydrogens is 254 g/mol. The van der Waals surface area contributed by atoms with E-state index in [1.54, 1.807) is 0 Å². The number of benzene rings is 1. The molecule has 0 saturated carbocycles. The largest absolute Gasteiger partial charge is 0.491 e. The molecule has 2 atom stereocenters. The molecule has 20 heavy (non-hydrogen) atoms. The van der Waals surface area contributed by atoms with E-state index in [-0.39, 0.29) is 18.8 Å². The third-order valence-corrected chi connectivity index (χ3v) is 3.49. The van der Waals surface area contributed by atoms with Crippen molar-refractivity contribution >= 4 is 0 Å². The molecule has 0 amide bonds. The van der Waals surface area contributed by atoms with Crippen LogP contribution in [0.3, 0.4) is 0 Å². The molecule has 0 bridgehead atoms. The van der Waals surface area contributed by atoms with Crippen LogP contribution in [0.15, 0.2) is 24.3 Å². The molecule has 4 nitrogen and oxygen atoms in total. The van der Waals surface area contributed by atoms with Gasteiger partial charge in [0.25, 0.3) is 0 Å². The van der Waals surface area contributed by atoms with Crippen molar-refractivity contribution in [3.8, 4) is 5.75 Å². The molecule has 112 valence electrons. The van der Waals surface area contributed by atoms with Crippen LogP contribution in [0.25, 0.3) is 0 Å². The predicted molar refractivity (Wildman–Crippen MR) is 78.9 cm³/mol. The Morgan fingerprint density at radius 1 is 1.45 bits per heavy atom. The molecule has 1 aliphatic heterocycles. The molecule has 1 fully saturated rings. The quantitative estimate of drug-likeness (QED) is 0.896. The summed E-state index contributed by atoms with van der Waals surface area (Å²) in [4.78, 5) is 2.35. The summed E-state index contributed by atoms with van der Waals surface area (Å²) in [6.45, 7) is 8.60. The van der Waals surface area contributed by atoms with E-state index in [2.05, 4.69) is 24.0 Å². The molecule has 0 aliphatic carbocycles. The van der Waals surface area contributed by atoms with Crippen LogP contribution in [0, 0.1) is 0 Å². The molecule has 0 spiro atoms. The van der Waals surface area contributed by atoms with Gasteiger partial charge in [-0.15, -0.1) is 0 Å². The molecule has 1 aliphatic rings. The van der Waals surface area contributed by atoms with Crippen LogP contribution in [0.4, 0.5) is 0 Å². The van der Waals surface area contributed by atoms with Crippen molar-refractivity contribution in [3.05, 3.63) is 29.8 Å².